The van der Waals surface area contributed by atoms with E-state index in [1.165, 1.54) is 22.2 Å². The summed E-state index contributed by atoms with van der Waals surface area (Å²) in [6.45, 7) is 6.79. The van der Waals surface area contributed by atoms with Crippen LogP contribution in [0.4, 0.5) is 0 Å². The number of benzene rings is 2. The molecule has 31 heavy (non-hydrogen) atoms. The molecule has 1 aliphatic rings. The molecule has 1 fully saturated rings. The van der Waals surface area contributed by atoms with Crippen molar-refractivity contribution in [2.75, 3.05) is 6.54 Å². The number of hydrogen-bond donors (Lipinski definition) is 1. The second kappa shape index (κ2) is 9.66. The number of nitrogens with zero attached hydrogens (tertiary/aromatic N) is 1. The van der Waals surface area contributed by atoms with Gasteiger partial charge >= 0.3 is 5.97 Å². The number of carbonyl (C=O) groups excluding carboxylic acids is 1. The van der Waals surface area contributed by atoms with Crippen LogP contribution in [-0.4, -0.2) is 32.7 Å². The summed E-state index contributed by atoms with van der Waals surface area (Å²) in [4.78, 5) is 25.4. The van der Waals surface area contributed by atoms with Crippen LogP contribution in [0, 0.1) is 0 Å². The summed E-state index contributed by atoms with van der Waals surface area (Å²) in [6, 6.07) is 15.5. The van der Waals surface area contributed by atoms with E-state index in [0.717, 1.165) is 11.3 Å². The van der Waals surface area contributed by atoms with Gasteiger partial charge in [0.25, 0.3) is 5.91 Å². The molecule has 1 heterocycles. The number of para-hydroxylation sites is 1. The lowest BCUT2D eigenvalue weighted by Crippen LogP contribution is -2.29. The summed E-state index contributed by atoms with van der Waals surface area (Å²) < 4.78 is 6.53. The van der Waals surface area contributed by atoms with Gasteiger partial charge < -0.3 is 9.84 Å². The molecule has 1 saturated heterocycles. The minimum atomic E-state index is -0.886. The highest BCUT2D eigenvalue weighted by atomic mass is 32.2. The van der Waals surface area contributed by atoms with E-state index in [1.807, 2.05) is 36.4 Å². The maximum atomic E-state index is 12.8. The van der Waals surface area contributed by atoms with Crippen LogP contribution in [0.3, 0.4) is 0 Å². The molecule has 0 radical (unpaired) electrons. The van der Waals surface area contributed by atoms with E-state index in [-0.39, 0.29) is 17.7 Å². The Morgan fingerprint density at radius 2 is 1.84 bits per heavy atom. The fraction of sp³-hybridized carbons (Fsp3) is 0.292. The zero-order chi connectivity index (χ0) is 22.6. The molecule has 162 valence electrons. The van der Waals surface area contributed by atoms with Crippen LogP contribution < -0.4 is 4.74 Å². The van der Waals surface area contributed by atoms with Crippen molar-refractivity contribution in [3.8, 4) is 11.5 Å². The summed E-state index contributed by atoms with van der Waals surface area (Å²) in [5, 5.41) is 8.81. The van der Waals surface area contributed by atoms with E-state index < -0.39 is 5.97 Å². The van der Waals surface area contributed by atoms with Gasteiger partial charge in [-0.2, -0.15) is 0 Å². The number of carbonyl (C=O) groups is 2. The number of thioether (sulfide) groups is 1. The fourth-order valence-corrected chi connectivity index (χ4v) is 4.36. The lowest BCUT2D eigenvalue weighted by molar-refractivity contribution is -0.137. The first-order valence-corrected chi connectivity index (χ1v) is 11.2. The number of hydrogen-bond acceptors (Lipinski definition) is 5. The van der Waals surface area contributed by atoms with Gasteiger partial charge in [0.1, 0.15) is 15.8 Å². The van der Waals surface area contributed by atoms with Crippen LogP contribution in [-0.2, 0) is 15.0 Å². The molecule has 0 atom stereocenters. The Labute approximate surface area is 192 Å². The average Bonchev–Trinajstić information content (AvgIpc) is 2.96. The zero-order valence-corrected chi connectivity index (χ0v) is 19.4. The van der Waals surface area contributed by atoms with Crippen molar-refractivity contribution < 1.29 is 19.4 Å². The highest BCUT2D eigenvalue weighted by Crippen LogP contribution is 2.35. The summed E-state index contributed by atoms with van der Waals surface area (Å²) in [7, 11) is 0. The van der Waals surface area contributed by atoms with E-state index in [2.05, 4.69) is 32.9 Å². The predicted octanol–water partition coefficient (Wildman–Crippen LogP) is 5.84. The minimum Gasteiger partial charge on any atom is -0.481 e. The van der Waals surface area contributed by atoms with Gasteiger partial charge in [0, 0.05) is 18.5 Å². The normalized spacial score (nSPS) is 15.6. The molecule has 1 aliphatic heterocycles. The van der Waals surface area contributed by atoms with Gasteiger partial charge in [0.05, 0.1) is 4.91 Å². The molecule has 1 N–H and O–H groups in total. The molecule has 2 aromatic carbocycles. The number of rotatable bonds is 7. The monoisotopic (exact) mass is 455 g/mol. The first kappa shape index (κ1) is 23.0. The molecule has 0 unspecified atom stereocenters. The number of amides is 1. The Morgan fingerprint density at radius 1 is 1.16 bits per heavy atom. The third-order valence-corrected chi connectivity index (χ3v) is 6.18. The predicted molar refractivity (Wildman–Crippen MR) is 128 cm³/mol. The van der Waals surface area contributed by atoms with Crippen LogP contribution >= 0.6 is 24.0 Å². The summed E-state index contributed by atoms with van der Waals surface area (Å²) >= 11 is 6.54. The zero-order valence-electron chi connectivity index (χ0n) is 17.8. The Hall–Kier alpha value is -2.64. The minimum absolute atomic E-state index is 0.000778. The van der Waals surface area contributed by atoms with Crippen molar-refractivity contribution in [1.29, 1.82) is 0 Å². The number of aliphatic carboxylic acids is 1. The van der Waals surface area contributed by atoms with Gasteiger partial charge in [0.15, 0.2) is 0 Å². The van der Waals surface area contributed by atoms with Crippen LogP contribution in [0.2, 0.25) is 0 Å². The van der Waals surface area contributed by atoms with Crippen molar-refractivity contribution in [3.05, 3.63) is 64.6 Å². The van der Waals surface area contributed by atoms with Crippen molar-refractivity contribution in [2.45, 2.75) is 39.0 Å². The number of carboxylic acids is 1. The standard InChI is InChI=1S/C24H25NO4S2/c1-24(2,3)17-10-12-18(13-11-17)29-19-8-5-4-7-16(19)15-20-22(28)25(23(30)31-20)14-6-9-21(26)27/h4-5,7-8,10-13,15H,6,9,14H2,1-3H3,(H,26,27)/b20-15-. The van der Waals surface area contributed by atoms with Crippen LogP contribution in [0.15, 0.2) is 53.4 Å². The van der Waals surface area contributed by atoms with Crippen LogP contribution in [0.5, 0.6) is 11.5 Å². The molecule has 0 bridgehead atoms. The van der Waals surface area contributed by atoms with Crippen molar-refractivity contribution in [1.82, 2.24) is 4.90 Å². The lowest BCUT2D eigenvalue weighted by atomic mass is 9.87. The Kier molecular flexibility index (Phi) is 7.18. The van der Waals surface area contributed by atoms with E-state index in [4.69, 9.17) is 22.1 Å². The number of carboxylic acid groups (broad SMARTS) is 1. The third kappa shape index (κ3) is 5.95. The summed E-state index contributed by atoms with van der Waals surface area (Å²) in [5.74, 6) is 0.268. The fourth-order valence-electron chi connectivity index (χ4n) is 3.07. The van der Waals surface area contributed by atoms with E-state index >= 15 is 0 Å². The average molecular weight is 456 g/mol. The maximum absolute atomic E-state index is 12.8. The Bertz CT molecular complexity index is 1020. The maximum Gasteiger partial charge on any atom is 0.303 e. The van der Waals surface area contributed by atoms with Gasteiger partial charge in [-0.3, -0.25) is 14.5 Å². The molecular weight excluding hydrogens is 430 g/mol. The molecule has 2 aromatic rings. The topological polar surface area (TPSA) is 66.8 Å². The Morgan fingerprint density at radius 3 is 2.48 bits per heavy atom. The van der Waals surface area contributed by atoms with E-state index in [1.54, 1.807) is 6.08 Å². The van der Waals surface area contributed by atoms with Crippen molar-refractivity contribution in [3.63, 3.8) is 0 Å². The highest BCUT2D eigenvalue weighted by molar-refractivity contribution is 8.26. The van der Waals surface area contributed by atoms with Gasteiger partial charge in [-0.1, -0.05) is 75.1 Å². The lowest BCUT2D eigenvalue weighted by Gasteiger charge is -2.19. The molecule has 7 heteroatoms. The van der Waals surface area contributed by atoms with E-state index in [9.17, 15) is 9.59 Å². The molecule has 1 amide bonds. The second-order valence-electron chi connectivity index (χ2n) is 8.24. The van der Waals surface area contributed by atoms with Crippen LogP contribution in [0.1, 0.15) is 44.7 Å². The van der Waals surface area contributed by atoms with Gasteiger partial charge in [0.2, 0.25) is 0 Å². The van der Waals surface area contributed by atoms with Gasteiger partial charge in [-0.05, 0) is 41.7 Å². The molecule has 0 aromatic heterocycles. The first-order chi connectivity index (χ1) is 14.6. The third-order valence-electron chi connectivity index (χ3n) is 4.80. The Balaban J connectivity index is 1.77. The van der Waals surface area contributed by atoms with Crippen molar-refractivity contribution >= 4 is 46.3 Å². The molecule has 3 rings (SSSR count). The molecular formula is C24H25NO4S2. The smallest absolute Gasteiger partial charge is 0.303 e. The molecule has 5 nitrogen and oxygen atoms in total. The largest absolute Gasteiger partial charge is 0.481 e. The van der Waals surface area contributed by atoms with E-state index in [0.29, 0.717) is 27.9 Å². The quantitative estimate of drug-likeness (QED) is 0.418. The summed E-state index contributed by atoms with van der Waals surface area (Å²) in [6.07, 6.45) is 2.13. The summed E-state index contributed by atoms with van der Waals surface area (Å²) in [5.41, 5.74) is 2.06. The molecule has 0 aliphatic carbocycles. The molecule has 0 saturated carbocycles. The SMILES string of the molecule is CC(C)(C)c1ccc(Oc2ccccc2/C=C2\SC(=S)N(CCCC(=O)O)C2=O)cc1. The second-order valence-corrected chi connectivity index (χ2v) is 9.92. The number of ether oxygens (including phenoxy) is 1. The highest BCUT2D eigenvalue weighted by Gasteiger charge is 2.31. The van der Waals surface area contributed by atoms with Gasteiger partial charge in [-0.25, -0.2) is 0 Å². The van der Waals surface area contributed by atoms with Crippen LogP contribution in [0.25, 0.3) is 6.08 Å². The number of thiocarbonyl (C=S) groups is 1. The van der Waals surface area contributed by atoms with Crippen molar-refractivity contribution in [2.24, 2.45) is 0 Å². The molecule has 0 spiro atoms. The first-order valence-electron chi connectivity index (χ1n) is 10.00. The van der Waals surface area contributed by atoms with Gasteiger partial charge in [-0.15, -0.1) is 0 Å².